The van der Waals surface area contributed by atoms with E-state index < -0.39 is 0 Å². The van der Waals surface area contributed by atoms with Crippen molar-refractivity contribution in [3.05, 3.63) is 66.5 Å². The Morgan fingerprint density at radius 2 is 1.39 bits per heavy atom. The highest BCUT2D eigenvalue weighted by atomic mass is 16.1. The molecular weight excluding hydrogens is 344 g/mol. The Kier molecular flexibility index (Phi) is 7.18. The molecule has 28 heavy (non-hydrogen) atoms. The Bertz CT molecular complexity index is 882. The third kappa shape index (κ3) is 5.19. The predicted octanol–water partition coefficient (Wildman–Crippen LogP) is 6.46. The molecule has 0 aliphatic carbocycles. The average Bonchev–Trinajstić information content (AvgIpc) is 3.04. The highest BCUT2D eigenvalue weighted by molar-refractivity contribution is 5.79. The number of nitrogens with zero attached hydrogens (tertiary/aromatic N) is 2. The largest absolute Gasteiger partial charge is 0.328 e. The van der Waals surface area contributed by atoms with Gasteiger partial charge in [0.05, 0.1) is 11.4 Å². The minimum Gasteiger partial charge on any atom is -0.328 e. The van der Waals surface area contributed by atoms with Crippen LogP contribution in [0.2, 0.25) is 0 Å². The molecular formula is C25H30N2O. The Morgan fingerprint density at radius 1 is 0.821 bits per heavy atom. The predicted molar refractivity (Wildman–Crippen MR) is 116 cm³/mol. The molecule has 0 amide bonds. The van der Waals surface area contributed by atoms with Crippen LogP contribution in [0.5, 0.6) is 0 Å². The second-order valence-corrected chi connectivity index (χ2v) is 7.46. The highest BCUT2D eigenvalue weighted by Gasteiger charge is 2.17. The summed E-state index contributed by atoms with van der Waals surface area (Å²) in [6.07, 6.45) is 6.39. The number of rotatable bonds is 10. The molecule has 0 aliphatic rings. The van der Waals surface area contributed by atoms with E-state index >= 15 is 0 Å². The van der Waals surface area contributed by atoms with Crippen LogP contribution in [0.3, 0.4) is 0 Å². The standard InChI is InChI=1S/C25H30N2O/c1-20(28)14-8-4-3-5-13-19-27-21(2)26-24(22-15-9-6-10-16-22)25(27)23-17-11-7-12-18-23/h6-7,9-12,15-18H,3-5,8,13-14,19H2,1-2H3. The fraction of sp³-hybridized carbons (Fsp3) is 0.360. The number of aromatic nitrogens is 2. The van der Waals surface area contributed by atoms with Gasteiger partial charge in [-0.05, 0) is 26.7 Å². The van der Waals surface area contributed by atoms with Crippen LogP contribution in [0.25, 0.3) is 22.5 Å². The van der Waals surface area contributed by atoms with Crippen LogP contribution in [-0.2, 0) is 11.3 Å². The van der Waals surface area contributed by atoms with Gasteiger partial charge in [0.25, 0.3) is 0 Å². The number of carbonyl (C=O) groups excluding carboxylic acids is 1. The molecule has 0 radical (unpaired) electrons. The van der Waals surface area contributed by atoms with Gasteiger partial charge in [0.15, 0.2) is 0 Å². The van der Waals surface area contributed by atoms with E-state index in [0.717, 1.165) is 49.3 Å². The molecule has 0 spiro atoms. The van der Waals surface area contributed by atoms with E-state index in [0.29, 0.717) is 5.78 Å². The van der Waals surface area contributed by atoms with Crippen LogP contribution in [0.15, 0.2) is 60.7 Å². The molecule has 0 saturated carbocycles. The van der Waals surface area contributed by atoms with E-state index in [1.54, 1.807) is 6.92 Å². The first-order valence-corrected chi connectivity index (χ1v) is 10.3. The van der Waals surface area contributed by atoms with Gasteiger partial charge in [-0.2, -0.15) is 0 Å². The Hall–Kier alpha value is -2.68. The summed E-state index contributed by atoms with van der Waals surface area (Å²) in [5, 5.41) is 0. The molecule has 0 aliphatic heterocycles. The number of ketones is 1. The van der Waals surface area contributed by atoms with Crippen LogP contribution >= 0.6 is 0 Å². The zero-order chi connectivity index (χ0) is 19.8. The van der Waals surface area contributed by atoms with Gasteiger partial charge in [-0.15, -0.1) is 0 Å². The first kappa shape index (κ1) is 20.1. The van der Waals surface area contributed by atoms with Crippen molar-refractivity contribution in [3.8, 4) is 22.5 Å². The summed E-state index contributed by atoms with van der Waals surface area (Å²) in [6.45, 7) is 4.76. The molecule has 3 aromatic rings. The molecule has 0 bridgehead atoms. The SMILES string of the molecule is CC(=O)CCCCCCCn1c(C)nc(-c2ccccc2)c1-c1ccccc1. The van der Waals surface area contributed by atoms with Gasteiger partial charge in [-0.1, -0.05) is 79.9 Å². The fourth-order valence-corrected chi connectivity index (χ4v) is 3.70. The molecule has 146 valence electrons. The summed E-state index contributed by atoms with van der Waals surface area (Å²) >= 11 is 0. The maximum Gasteiger partial charge on any atom is 0.129 e. The van der Waals surface area contributed by atoms with Crippen LogP contribution < -0.4 is 0 Å². The molecule has 0 saturated heterocycles. The molecule has 1 aromatic heterocycles. The average molecular weight is 375 g/mol. The Morgan fingerprint density at radius 3 is 2.04 bits per heavy atom. The monoisotopic (exact) mass is 374 g/mol. The normalized spacial score (nSPS) is 10.9. The summed E-state index contributed by atoms with van der Waals surface area (Å²) in [4.78, 5) is 16.0. The van der Waals surface area contributed by atoms with E-state index in [4.69, 9.17) is 4.98 Å². The number of aryl methyl sites for hydroxylation is 1. The lowest BCUT2D eigenvalue weighted by Gasteiger charge is -2.12. The van der Waals surface area contributed by atoms with Gasteiger partial charge in [0.1, 0.15) is 11.6 Å². The van der Waals surface area contributed by atoms with Gasteiger partial charge in [0, 0.05) is 24.1 Å². The lowest BCUT2D eigenvalue weighted by atomic mass is 10.0. The molecule has 1 heterocycles. The van der Waals surface area contributed by atoms with E-state index in [1.165, 1.54) is 24.1 Å². The number of Topliss-reactive ketones (excluding diaryl/α,β-unsaturated/α-hetero) is 1. The molecule has 0 N–H and O–H groups in total. The van der Waals surface area contributed by atoms with Gasteiger partial charge < -0.3 is 9.36 Å². The molecule has 0 atom stereocenters. The first-order chi connectivity index (χ1) is 13.7. The topological polar surface area (TPSA) is 34.9 Å². The van der Waals surface area contributed by atoms with E-state index in [2.05, 4.69) is 66.1 Å². The summed E-state index contributed by atoms with van der Waals surface area (Å²) in [5.41, 5.74) is 4.64. The van der Waals surface area contributed by atoms with Crippen LogP contribution in [0.4, 0.5) is 0 Å². The zero-order valence-electron chi connectivity index (χ0n) is 17.0. The van der Waals surface area contributed by atoms with E-state index in [-0.39, 0.29) is 0 Å². The summed E-state index contributed by atoms with van der Waals surface area (Å²) in [7, 11) is 0. The molecule has 3 rings (SSSR count). The van der Waals surface area contributed by atoms with Crippen LogP contribution in [0.1, 0.15) is 51.3 Å². The van der Waals surface area contributed by atoms with Crippen molar-refractivity contribution in [3.63, 3.8) is 0 Å². The van der Waals surface area contributed by atoms with Crippen molar-refractivity contribution < 1.29 is 4.79 Å². The van der Waals surface area contributed by atoms with Gasteiger partial charge in [0.2, 0.25) is 0 Å². The smallest absolute Gasteiger partial charge is 0.129 e. The van der Waals surface area contributed by atoms with E-state index in [9.17, 15) is 4.79 Å². The van der Waals surface area contributed by atoms with Crippen molar-refractivity contribution in [1.82, 2.24) is 9.55 Å². The number of hydrogen-bond acceptors (Lipinski definition) is 2. The number of benzene rings is 2. The van der Waals surface area contributed by atoms with Crippen molar-refractivity contribution >= 4 is 5.78 Å². The first-order valence-electron chi connectivity index (χ1n) is 10.3. The number of unbranched alkanes of at least 4 members (excludes halogenated alkanes) is 4. The van der Waals surface area contributed by atoms with Crippen molar-refractivity contribution in [2.45, 2.75) is 58.9 Å². The maximum atomic E-state index is 11.0. The second-order valence-electron chi connectivity index (χ2n) is 7.46. The molecule has 3 nitrogen and oxygen atoms in total. The lowest BCUT2D eigenvalue weighted by molar-refractivity contribution is -0.117. The van der Waals surface area contributed by atoms with Gasteiger partial charge in [-0.25, -0.2) is 4.98 Å². The van der Waals surface area contributed by atoms with Crippen LogP contribution in [0, 0.1) is 6.92 Å². The minimum absolute atomic E-state index is 0.301. The van der Waals surface area contributed by atoms with Gasteiger partial charge in [-0.3, -0.25) is 0 Å². The van der Waals surface area contributed by atoms with Crippen molar-refractivity contribution in [1.29, 1.82) is 0 Å². The third-order valence-electron chi connectivity index (χ3n) is 5.16. The Balaban J connectivity index is 1.75. The quantitative estimate of drug-likeness (QED) is 0.382. The zero-order valence-corrected chi connectivity index (χ0v) is 17.0. The third-order valence-corrected chi connectivity index (χ3v) is 5.16. The summed E-state index contributed by atoms with van der Waals surface area (Å²) < 4.78 is 2.37. The van der Waals surface area contributed by atoms with Crippen molar-refractivity contribution in [2.24, 2.45) is 0 Å². The van der Waals surface area contributed by atoms with E-state index in [1.807, 2.05) is 6.07 Å². The molecule has 2 aromatic carbocycles. The van der Waals surface area contributed by atoms with Crippen LogP contribution in [-0.4, -0.2) is 15.3 Å². The van der Waals surface area contributed by atoms with Gasteiger partial charge >= 0.3 is 0 Å². The number of hydrogen-bond donors (Lipinski definition) is 0. The molecule has 3 heteroatoms. The number of carbonyl (C=O) groups is 1. The maximum absolute atomic E-state index is 11.0. The summed E-state index contributed by atoms with van der Waals surface area (Å²) in [5.74, 6) is 1.37. The lowest BCUT2D eigenvalue weighted by Crippen LogP contribution is -2.03. The fourth-order valence-electron chi connectivity index (χ4n) is 3.70. The molecule has 0 fully saturated rings. The second kappa shape index (κ2) is 10.0. The minimum atomic E-state index is 0.301. The number of imidazole rings is 1. The Labute approximate surface area is 168 Å². The summed E-state index contributed by atoms with van der Waals surface area (Å²) in [6, 6.07) is 21.0. The highest BCUT2D eigenvalue weighted by Crippen LogP contribution is 2.33. The molecule has 0 unspecified atom stereocenters. The van der Waals surface area contributed by atoms with Crippen molar-refractivity contribution in [2.75, 3.05) is 0 Å².